The predicted molar refractivity (Wildman–Crippen MR) is 72.8 cm³/mol. The number of halogens is 1. The van der Waals surface area contributed by atoms with Gasteiger partial charge in [-0.3, -0.25) is 4.79 Å². The van der Waals surface area contributed by atoms with Crippen LogP contribution in [0.25, 0.3) is 0 Å². The Kier molecular flexibility index (Phi) is 3.91. The first-order valence-electron chi connectivity index (χ1n) is 6.07. The first-order valence-corrected chi connectivity index (χ1v) is 7.27. The van der Waals surface area contributed by atoms with Gasteiger partial charge in [0.15, 0.2) is 5.78 Å². The highest BCUT2D eigenvalue weighted by molar-refractivity contribution is 7.18. The molecule has 4 heteroatoms. The van der Waals surface area contributed by atoms with Crippen LogP contribution in [0.3, 0.4) is 0 Å². The van der Waals surface area contributed by atoms with Gasteiger partial charge >= 0.3 is 0 Å². The van der Waals surface area contributed by atoms with Gasteiger partial charge < -0.3 is 5.73 Å². The summed E-state index contributed by atoms with van der Waals surface area (Å²) in [5.74, 6) is 0.915. The third kappa shape index (κ3) is 2.56. The van der Waals surface area contributed by atoms with E-state index in [0.717, 1.165) is 36.5 Å². The number of thiophene rings is 1. The first-order chi connectivity index (χ1) is 8.07. The van der Waals surface area contributed by atoms with Crippen molar-refractivity contribution in [3.8, 4) is 0 Å². The summed E-state index contributed by atoms with van der Waals surface area (Å²) in [5, 5.41) is 0. The number of hydrogen-bond donors (Lipinski definition) is 1. The maximum Gasteiger partial charge on any atom is 0.180 e. The molecule has 1 heterocycles. The van der Waals surface area contributed by atoms with Crippen molar-refractivity contribution in [3.63, 3.8) is 0 Å². The lowest BCUT2D eigenvalue weighted by Gasteiger charge is -2.36. The van der Waals surface area contributed by atoms with Crippen LogP contribution < -0.4 is 5.73 Å². The van der Waals surface area contributed by atoms with Gasteiger partial charge in [-0.2, -0.15) is 0 Å². The highest BCUT2D eigenvalue weighted by atomic mass is 35.5. The molecule has 1 aromatic heterocycles. The quantitative estimate of drug-likeness (QED) is 0.851. The van der Waals surface area contributed by atoms with Gasteiger partial charge in [0.1, 0.15) is 0 Å². The zero-order valence-corrected chi connectivity index (χ0v) is 11.6. The molecule has 0 amide bonds. The van der Waals surface area contributed by atoms with Gasteiger partial charge in [0, 0.05) is 12.0 Å². The number of nitrogens with two attached hydrogens (primary N) is 1. The van der Waals surface area contributed by atoms with Crippen LogP contribution in [0.2, 0.25) is 4.34 Å². The van der Waals surface area contributed by atoms with Crippen LogP contribution in [0.1, 0.15) is 42.3 Å². The Hall–Kier alpha value is -0.380. The Morgan fingerprint density at radius 1 is 1.53 bits per heavy atom. The zero-order chi connectivity index (χ0) is 12.5. The largest absolute Gasteiger partial charge is 0.329 e. The Balaban J connectivity index is 2.21. The van der Waals surface area contributed by atoms with Crippen LogP contribution in [-0.4, -0.2) is 12.3 Å². The molecule has 1 aromatic rings. The van der Waals surface area contributed by atoms with Gasteiger partial charge in [0.05, 0.1) is 9.21 Å². The minimum absolute atomic E-state index is 0.198. The Morgan fingerprint density at radius 2 is 2.18 bits per heavy atom. The number of carbonyl (C=O) groups excluding carboxylic acids is 1. The summed E-state index contributed by atoms with van der Waals surface area (Å²) in [6, 6.07) is 3.61. The fourth-order valence-electron chi connectivity index (χ4n) is 2.54. The first kappa shape index (κ1) is 13.1. The molecule has 2 nitrogen and oxygen atoms in total. The minimum Gasteiger partial charge on any atom is -0.329 e. The van der Waals surface area contributed by atoms with E-state index in [0.29, 0.717) is 10.9 Å². The van der Waals surface area contributed by atoms with Crippen molar-refractivity contribution in [3.05, 3.63) is 21.3 Å². The highest BCUT2D eigenvalue weighted by Gasteiger charge is 2.40. The highest BCUT2D eigenvalue weighted by Crippen LogP contribution is 2.41. The molecule has 2 N–H and O–H groups in total. The van der Waals surface area contributed by atoms with Crippen LogP contribution in [0.4, 0.5) is 0 Å². The number of ketones is 1. The Morgan fingerprint density at radius 3 is 2.65 bits per heavy atom. The monoisotopic (exact) mass is 271 g/mol. The van der Waals surface area contributed by atoms with Crippen LogP contribution >= 0.6 is 22.9 Å². The predicted octanol–water partition coefficient (Wildman–Crippen LogP) is 3.74. The van der Waals surface area contributed by atoms with Crippen molar-refractivity contribution in [2.45, 2.75) is 32.6 Å². The van der Waals surface area contributed by atoms with Crippen molar-refractivity contribution < 1.29 is 4.79 Å². The molecule has 0 aliphatic heterocycles. The Bertz CT molecular complexity index is 407. The number of hydrogen-bond acceptors (Lipinski definition) is 3. The second kappa shape index (κ2) is 5.09. The Labute approximate surface area is 111 Å². The van der Waals surface area contributed by atoms with E-state index in [4.69, 9.17) is 17.3 Å². The van der Waals surface area contributed by atoms with Gasteiger partial charge in [-0.25, -0.2) is 0 Å². The molecule has 0 saturated heterocycles. The van der Waals surface area contributed by atoms with Crippen LogP contribution in [0.5, 0.6) is 0 Å². The fourth-order valence-corrected chi connectivity index (χ4v) is 3.64. The smallest absolute Gasteiger partial charge is 0.180 e. The normalized spacial score (nSPS) is 29.2. The lowest BCUT2D eigenvalue weighted by atomic mass is 9.68. The molecule has 1 aliphatic rings. The van der Waals surface area contributed by atoms with Gasteiger partial charge in [0.25, 0.3) is 0 Å². The maximum atomic E-state index is 12.5. The second-order valence-corrected chi connectivity index (χ2v) is 6.81. The zero-order valence-electron chi connectivity index (χ0n) is 10.0. The molecule has 0 aromatic carbocycles. The number of Topliss-reactive ketones (excluding diaryl/α,β-unsaturated/α-hetero) is 1. The van der Waals surface area contributed by atoms with Crippen molar-refractivity contribution in [2.24, 2.45) is 17.1 Å². The van der Waals surface area contributed by atoms with Gasteiger partial charge in [0.2, 0.25) is 0 Å². The minimum atomic E-state index is -0.333. The van der Waals surface area contributed by atoms with E-state index in [2.05, 4.69) is 6.92 Å². The fraction of sp³-hybridized carbons (Fsp3) is 0.615. The molecule has 1 aliphatic carbocycles. The molecule has 0 spiro atoms. The lowest BCUT2D eigenvalue weighted by molar-refractivity contribution is 0.0700. The summed E-state index contributed by atoms with van der Waals surface area (Å²) in [5.41, 5.74) is 5.55. The van der Waals surface area contributed by atoms with E-state index in [1.165, 1.54) is 11.3 Å². The van der Waals surface area contributed by atoms with E-state index in [-0.39, 0.29) is 11.2 Å². The van der Waals surface area contributed by atoms with Crippen molar-refractivity contribution in [1.29, 1.82) is 0 Å². The standard InChI is InChI=1S/C13H18ClNOS/c1-9-4-6-13(8-15,7-5-9)12(16)10-2-3-11(14)17-10/h2-3,9H,4-8,15H2,1H3. The maximum absolute atomic E-state index is 12.5. The van der Waals surface area contributed by atoms with Gasteiger partial charge in [-0.1, -0.05) is 18.5 Å². The SMILES string of the molecule is CC1CCC(CN)(C(=O)c2ccc(Cl)s2)CC1. The van der Waals surface area contributed by atoms with Crippen molar-refractivity contribution in [1.82, 2.24) is 0 Å². The summed E-state index contributed by atoms with van der Waals surface area (Å²) in [6.07, 6.45) is 4.03. The molecule has 0 bridgehead atoms. The summed E-state index contributed by atoms with van der Waals surface area (Å²) >= 11 is 7.25. The third-order valence-corrected chi connectivity index (χ3v) is 5.13. The topological polar surface area (TPSA) is 43.1 Å². The number of carbonyl (C=O) groups is 1. The summed E-state index contributed by atoms with van der Waals surface area (Å²) in [4.78, 5) is 13.3. The molecular formula is C13H18ClNOS. The van der Waals surface area contributed by atoms with Crippen LogP contribution in [-0.2, 0) is 0 Å². The van der Waals surface area contributed by atoms with Gasteiger partial charge in [-0.15, -0.1) is 11.3 Å². The summed E-state index contributed by atoms with van der Waals surface area (Å²) in [7, 11) is 0. The average Bonchev–Trinajstić information content (AvgIpc) is 2.76. The molecule has 94 valence electrons. The second-order valence-electron chi connectivity index (χ2n) is 5.10. The molecular weight excluding hydrogens is 254 g/mol. The van der Waals surface area contributed by atoms with Crippen molar-refractivity contribution in [2.75, 3.05) is 6.54 Å². The van der Waals surface area contributed by atoms with Crippen LogP contribution in [0, 0.1) is 11.3 Å². The molecule has 17 heavy (non-hydrogen) atoms. The van der Waals surface area contributed by atoms with Crippen LogP contribution in [0.15, 0.2) is 12.1 Å². The molecule has 2 rings (SSSR count). The van der Waals surface area contributed by atoms with Gasteiger partial charge in [-0.05, 0) is 43.7 Å². The van der Waals surface area contributed by atoms with E-state index in [1.807, 2.05) is 6.07 Å². The lowest BCUT2D eigenvalue weighted by Crippen LogP contribution is -2.41. The van der Waals surface area contributed by atoms with Crippen molar-refractivity contribution >= 4 is 28.7 Å². The molecule has 0 unspecified atom stereocenters. The molecule has 1 fully saturated rings. The van der Waals surface area contributed by atoms with E-state index in [1.54, 1.807) is 6.07 Å². The van der Waals surface area contributed by atoms with E-state index < -0.39 is 0 Å². The summed E-state index contributed by atoms with van der Waals surface area (Å²) < 4.78 is 0.671. The average molecular weight is 272 g/mol. The molecule has 0 radical (unpaired) electrons. The molecule has 1 saturated carbocycles. The van der Waals surface area contributed by atoms with E-state index in [9.17, 15) is 4.79 Å². The third-order valence-electron chi connectivity index (χ3n) is 3.90. The van der Waals surface area contributed by atoms with E-state index >= 15 is 0 Å². The summed E-state index contributed by atoms with van der Waals surface area (Å²) in [6.45, 7) is 2.70. The molecule has 0 atom stereocenters. The number of rotatable bonds is 3.